The van der Waals surface area contributed by atoms with Gasteiger partial charge in [0.2, 0.25) is 0 Å². The highest BCUT2D eigenvalue weighted by Gasteiger charge is 2.51. The van der Waals surface area contributed by atoms with E-state index in [-0.39, 0.29) is 12.1 Å². The van der Waals surface area contributed by atoms with Crippen molar-refractivity contribution in [1.29, 1.82) is 0 Å². The second-order valence-corrected chi connectivity index (χ2v) is 7.33. The zero-order valence-electron chi connectivity index (χ0n) is 13.3. The van der Waals surface area contributed by atoms with E-state index in [1.54, 1.807) is 20.8 Å². The summed E-state index contributed by atoms with van der Waals surface area (Å²) >= 11 is 0. The highest BCUT2D eigenvalue weighted by Crippen LogP contribution is 2.38. The summed E-state index contributed by atoms with van der Waals surface area (Å²) in [5.41, 5.74) is -1.84. The summed E-state index contributed by atoms with van der Waals surface area (Å²) in [5, 5.41) is 12.3. The second-order valence-electron chi connectivity index (χ2n) is 7.33. The molecule has 2 fully saturated rings. The Morgan fingerprint density at radius 2 is 1.76 bits per heavy atom. The van der Waals surface area contributed by atoms with Gasteiger partial charge in [-0.15, -0.1) is 0 Å². The van der Waals surface area contributed by atoms with Crippen molar-refractivity contribution in [3.63, 3.8) is 0 Å². The SMILES string of the molecule is CN1C2CCCC1CC(NC(=O)OC(C)(C)C)(C(=O)O)C2. The molecule has 21 heavy (non-hydrogen) atoms. The van der Waals surface area contributed by atoms with Crippen LogP contribution in [0.1, 0.15) is 52.9 Å². The number of carbonyl (C=O) groups is 2. The molecule has 120 valence electrons. The van der Waals surface area contributed by atoms with Gasteiger partial charge in [0.15, 0.2) is 0 Å². The molecule has 0 radical (unpaired) electrons. The maximum Gasteiger partial charge on any atom is 0.408 e. The molecule has 6 nitrogen and oxygen atoms in total. The maximum absolute atomic E-state index is 12.0. The van der Waals surface area contributed by atoms with Gasteiger partial charge in [0.1, 0.15) is 11.1 Å². The molecular formula is C15H26N2O4. The normalized spacial score (nSPS) is 33.3. The number of carbonyl (C=O) groups excluding carboxylic acids is 1. The largest absolute Gasteiger partial charge is 0.480 e. The highest BCUT2D eigenvalue weighted by molar-refractivity contribution is 5.84. The van der Waals surface area contributed by atoms with Gasteiger partial charge in [-0.25, -0.2) is 9.59 Å². The van der Waals surface area contributed by atoms with E-state index in [0.29, 0.717) is 12.8 Å². The Hall–Kier alpha value is -1.30. The predicted octanol–water partition coefficient (Wildman–Crippen LogP) is 1.98. The number of hydrogen-bond donors (Lipinski definition) is 2. The van der Waals surface area contributed by atoms with Gasteiger partial charge in [0.25, 0.3) is 0 Å². The van der Waals surface area contributed by atoms with Crippen molar-refractivity contribution >= 4 is 12.1 Å². The monoisotopic (exact) mass is 298 g/mol. The van der Waals surface area contributed by atoms with Crippen LogP contribution in [-0.2, 0) is 9.53 Å². The van der Waals surface area contributed by atoms with Crippen LogP contribution in [0.15, 0.2) is 0 Å². The van der Waals surface area contributed by atoms with Gasteiger partial charge in [-0.05, 0) is 53.5 Å². The lowest BCUT2D eigenvalue weighted by Crippen LogP contribution is -2.66. The molecule has 0 aromatic rings. The lowest BCUT2D eigenvalue weighted by molar-refractivity contribution is -0.150. The molecule has 2 heterocycles. The van der Waals surface area contributed by atoms with Crippen molar-refractivity contribution in [2.24, 2.45) is 0 Å². The first-order valence-electron chi connectivity index (χ1n) is 7.59. The van der Waals surface area contributed by atoms with Crippen LogP contribution in [0.4, 0.5) is 4.79 Å². The summed E-state index contributed by atoms with van der Waals surface area (Å²) in [5.74, 6) is -0.960. The first-order valence-corrected chi connectivity index (χ1v) is 7.59. The lowest BCUT2D eigenvalue weighted by Gasteiger charge is -2.50. The Kier molecular flexibility index (Phi) is 4.19. The van der Waals surface area contributed by atoms with Crippen LogP contribution in [0.5, 0.6) is 0 Å². The summed E-state index contributed by atoms with van der Waals surface area (Å²) < 4.78 is 5.24. The number of amides is 1. The molecule has 2 saturated heterocycles. The average Bonchev–Trinajstić information content (AvgIpc) is 2.27. The van der Waals surface area contributed by atoms with Crippen LogP contribution < -0.4 is 5.32 Å². The fourth-order valence-corrected chi connectivity index (χ4v) is 3.50. The minimum absolute atomic E-state index is 0.212. The summed E-state index contributed by atoms with van der Waals surface area (Å²) in [4.78, 5) is 26.1. The average molecular weight is 298 g/mol. The van der Waals surface area contributed by atoms with Crippen molar-refractivity contribution in [2.45, 2.75) is 76.1 Å². The Morgan fingerprint density at radius 3 is 2.19 bits per heavy atom. The van der Waals surface area contributed by atoms with E-state index in [9.17, 15) is 14.7 Å². The standard InChI is InChI=1S/C15H26N2O4/c1-14(2,3)21-13(20)16-15(12(18)19)8-10-6-5-7-11(9-15)17(10)4/h10-11H,5-9H2,1-4H3,(H,16,20)(H,18,19). The maximum atomic E-state index is 12.0. The summed E-state index contributed by atoms with van der Waals surface area (Å²) in [7, 11) is 2.05. The van der Waals surface area contributed by atoms with E-state index in [1.165, 1.54) is 0 Å². The van der Waals surface area contributed by atoms with Gasteiger partial charge >= 0.3 is 12.1 Å². The highest BCUT2D eigenvalue weighted by atomic mass is 16.6. The number of fused-ring (bicyclic) bond motifs is 2. The molecule has 0 saturated carbocycles. The van der Waals surface area contributed by atoms with Gasteiger partial charge in [-0.2, -0.15) is 0 Å². The molecule has 2 bridgehead atoms. The number of carboxylic acid groups (broad SMARTS) is 1. The van der Waals surface area contributed by atoms with Crippen molar-refractivity contribution in [1.82, 2.24) is 10.2 Å². The lowest BCUT2D eigenvalue weighted by atomic mass is 9.74. The molecule has 0 aliphatic carbocycles. The molecule has 2 atom stereocenters. The van der Waals surface area contributed by atoms with Crippen LogP contribution >= 0.6 is 0 Å². The van der Waals surface area contributed by atoms with Gasteiger partial charge in [0, 0.05) is 12.1 Å². The fourth-order valence-electron chi connectivity index (χ4n) is 3.50. The number of nitrogens with one attached hydrogen (secondary N) is 1. The van der Waals surface area contributed by atoms with Crippen LogP contribution in [0.3, 0.4) is 0 Å². The number of ether oxygens (including phenoxy) is 1. The number of alkyl carbamates (subject to hydrolysis) is 1. The topological polar surface area (TPSA) is 78.9 Å². The third-order valence-corrected chi connectivity index (χ3v) is 4.54. The molecule has 0 spiro atoms. The van der Waals surface area contributed by atoms with Crippen LogP contribution in [0.25, 0.3) is 0 Å². The van der Waals surface area contributed by atoms with E-state index >= 15 is 0 Å². The molecule has 0 aromatic heterocycles. The van der Waals surface area contributed by atoms with E-state index in [1.807, 2.05) is 7.05 Å². The minimum atomic E-state index is -1.20. The van der Waals surface area contributed by atoms with Crippen LogP contribution in [-0.4, -0.2) is 52.3 Å². The Bertz CT molecular complexity index is 416. The van der Waals surface area contributed by atoms with Crippen LogP contribution in [0, 0.1) is 0 Å². The second kappa shape index (κ2) is 5.48. The molecule has 2 unspecified atom stereocenters. The zero-order valence-corrected chi connectivity index (χ0v) is 13.3. The molecule has 0 aromatic carbocycles. The number of rotatable bonds is 2. The van der Waals surface area contributed by atoms with Crippen molar-refractivity contribution in [2.75, 3.05) is 7.05 Å². The minimum Gasteiger partial charge on any atom is -0.480 e. The zero-order chi connectivity index (χ0) is 15.8. The number of nitrogens with zero attached hydrogens (tertiary/aromatic N) is 1. The van der Waals surface area contributed by atoms with E-state index < -0.39 is 23.2 Å². The van der Waals surface area contributed by atoms with Gasteiger partial charge in [-0.1, -0.05) is 6.42 Å². The molecule has 2 N–H and O–H groups in total. The van der Waals surface area contributed by atoms with Crippen molar-refractivity contribution in [3.05, 3.63) is 0 Å². The quantitative estimate of drug-likeness (QED) is 0.815. The molecule has 6 heteroatoms. The van der Waals surface area contributed by atoms with Crippen LogP contribution in [0.2, 0.25) is 0 Å². The molecule has 1 amide bonds. The van der Waals surface area contributed by atoms with E-state index in [0.717, 1.165) is 19.3 Å². The third-order valence-electron chi connectivity index (χ3n) is 4.54. The van der Waals surface area contributed by atoms with Crippen molar-refractivity contribution < 1.29 is 19.4 Å². The smallest absolute Gasteiger partial charge is 0.408 e. The van der Waals surface area contributed by atoms with Crippen molar-refractivity contribution in [3.8, 4) is 0 Å². The third kappa shape index (κ3) is 3.48. The van der Waals surface area contributed by atoms with E-state index in [2.05, 4.69) is 10.2 Å². The first kappa shape index (κ1) is 16.1. The first-order chi connectivity index (χ1) is 9.63. The van der Waals surface area contributed by atoms with Gasteiger partial charge in [-0.3, -0.25) is 0 Å². The number of aliphatic carboxylic acids is 1. The summed E-state index contributed by atoms with van der Waals surface area (Å²) in [6.45, 7) is 5.30. The van der Waals surface area contributed by atoms with Gasteiger partial charge < -0.3 is 20.1 Å². The molecular weight excluding hydrogens is 272 g/mol. The summed E-state index contributed by atoms with van der Waals surface area (Å²) in [6, 6.07) is 0.423. The van der Waals surface area contributed by atoms with Gasteiger partial charge in [0.05, 0.1) is 0 Å². The molecule has 2 aliphatic heterocycles. The number of piperidine rings is 2. The molecule has 2 aliphatic rings. The number of hydrogen-bond acceptors (Lipinski definition) is 4. The fraction of sp³-hybridized carbons (Fsp3) is 0.867. The number of carboxylic acids is 1. The predicted molar refractivity (Wildman–Crippen MR) is 78.2 cm³/mol. The molecule has 2 rings (SSSR count). The van der Waals surface area contributed by atoms with E-state index in [4.69, 9.17) is 4.74 Å². The summed E-state index contributed by atoms with van der Waals surface area (Å²) in [6.07, 6.45) is 3.33. The Morgan fingerprint density at radius 1 is 1.24 bits per heavy atom. The Labute approximate surface area is 125 Å². The Balaban J connectivity index is 2.15.